The molecular weight excluding hydrogens is 330 g/mol. The van der Waals surface area contributed by atoms with Crippen LogP contribution in [0.5, 0.6) is 0 Å². The highest BCUT2D eigenvalue weighted by Crippen LogP contribution is 2.25. The average molecular weight is 343 g/mol. The van der Waals surface area contributed by atoms with Crippen LogP contribution >= 0.6 is 27.5 Å². The third-order valence-electron chi connectivity index (χ3n) is 2.83. The molecule has 0 N–H and O–H groups in total. The Bertz CT molecular complexity index is 624. The van der Waals surface area contributed by atoms with E-state index < -0.39 is 0 Å². The fourth-order valence-electron chi connectivity index (χ4n) is 1.83. The van der Waals surface area contributed by atoms with Gasteiger partial charge in [-0.15, -0.1) is 5.10 Å². The van der Waals surface area contributed by atoms with Crippen LogP contribution in [0.4, 0.5) is 0 Å². The number of rotatable bonds is 4. The van der Waals surface area contributed by atoms with Crippen molar-refractivity contribution in [3.8, 4) is 5.69 Å². The molecule has 0 amide bonds. The van der Waals surface area contributed by atoms with E-state index in [1.165, 1.54) is 0 Å². The predicted molar refractivity (Wildman–Crippen MR) is 78.1 cm³/mol. The van der Waals surface area contributed by atoms with Crippen LogP contribution in [0, 0.1) is 0 Å². The molecule has 0 saturated carbocycles. The highest BCUT2D eigenvalue weighted by molar-refractivity contribution is 9.10. The molecule has 0 unspecified atom stereocenters. The maximum atomic E-state index is 11.8. The summed E-state index contributed by atoms with van der Waals surface area (Å²) in [4.78, 5) is 11.8. The molecule has 19 heavy (non-hydrogen) atoms. The normalized spacial score (nSPS) is 10.7. The van der Waals surface area contributed by atoms with Crippen LogP contribution in [0.25, 0.3) is 5.69 Å². The van der Waals surface area contributed by atoms with Gasteiger partial charge >= 0.3 is 0 Å². The van der Waals surface area contributed by atoms with E-state index in [2.05, 4.69) is 26.2 Å². The zero-order chi connectivity index (χ0) is 14.0. The number of hydrogen-bond donors (Lipinski definition) is 0. The van der Waals surface area contributed by atoms with Gasteiger partial charge in [0.05, 0.1) is 16.4 Å². The monoisotopic (exact) mass is 341 g/mol. The quantitative estimate of drug-likeness (QED) is 0.793. The SMILES string of the molecule is CCC(=O)c1nnn(-c2ccc(Cl)c(Br)c2)c1CC. The van der Waals surface area contributed by atoms with Crippen LogP contribution in [0.15, 0.2) is 22.7 Å². The molecule has 6 heteroatoms. The van der Waals surface area contributed by atoms with Crippen LogP contribution in [-0.2, 0) is 6.42 Å². The van der Waals surface area contributed by atoms with E-state index in [-0.39, 0.29) is 5.78 Å². The summed E-state index contributed by atoms with van der Waals surface area (Å²) in [6.07, 6.45) is 1.12. The molecule has 4 nitrogen and oxygen atoms in total. The minimum atomic E-state index is 0.0103. The van der Waals surface area contributed by atoms with Gasteiger partial charge in [-0.3, -0.25) is 4.79 Å². The lowest BCUT2D eigenvalue weighted by atomic mass is 10.1. The lowest BCUT2D eigenvalue weighted by Crippen LogP contribution is -2.05. The van der Waals surface area contributed by atoms with Crippen molar-refractivity contribution in [3.05, 3.63) is 39.1 Å². The van der Waals surface area contributed by atoms with Crippen molar-refractivity contribution in [1.82, 2.24) is 15.0 Å². The topological polar surface area (TPSA) is 47.8 Å². The first-order valence-corrected chi connectivity index (χ1v) is 7.18. The number of aromatic nitrogens is 3. The van der Waals surface area contributed by atoms with E-state index in [0.717, 1.165) is 15.9 Å². The lowest BCUT2D eigenvalue weighted by Gasteiger charge is -2.06. The van der Waals surface area contributed by atoms with Gasteiger partial charge in [-0.05, 0) is 40.5 Å². The van der Waals surface area contributed by atoms with Crippen molar-refractivity contribution in [2.75, 3.05) is 0 Å². The molecule has 0 spiro atoms. The second kappa shape index (κ2) is 5.84. The number of nitrogens with zero attached hydrogens (tertiary/aromatic N) is 3. The Morgan fingerprint density at radius 1 is 1.42 bits per heavy atom. The summed E-state index contributed by atoms with van der Waals surface area (Å²) >= 11 is 9.35. The van der Waals surface area contributed by atoms with Crippen LogP contribution < -0.4 is 0 Å². The first-order valence-electron chi connectivity index (χ1n) is 6.01. The molecule has 2 rings (SSSR count). The Morgan fingerprint density at radius 3 is 2.74 bits per heavy atom. The summed E-state index contributed by atoms with van der Waals surface area (Å²) in [5, 5.41) is 8.71. The van der Waals surface area contributed by atoms with E-state index in [4.69, 9.17) is 11.6 Å². The molecule has 0 aliphatic rings. The maximum Gasteiger partial charge on any atom is 0.184 e. The van der Waals surface area contributed by atoms with E-state index >= 15 is 0 Å². The molecular formula is C13H13BrClN3O. The van der Waals surface area contributed by atoms with Crippen molar-refractivity contribution in [2.45, 2.75) is 26.7 Å². The molecule has 0 atom stereocenters. The van der Waals surface area contributed by atoms with E-state index in [1.54, 1.807) is 10.7 Å². The van der Waals surface area contributed by atoms with E-state index in [0.29, 0.717) is 23.6 Å². The largest absolute Gasteiger partial charge is 0.292 e. The Balaban J connectivity index is 2.53. The molecule has 100 valence electrons. The molecule has 0 bridgehead atoms. The molecule has 1 aromatic carbocycles. The first kappa shape index (κ1) is 14.2. The smallest absolute Gasteiger partial charge is 0.184 e. The molecule has 0 radical (unpaired) electrons. The minimum absolute atomic E-state index is 0.0103. The molecule has 0 aliphatic heterocycles. The van der Waals surface area contributed by atoms with Crippen LogP contribution in [0.3, 0.4) is 0 Å². The number of hydrogen-bond acceptors (Lipinski definition) is 3. The Labute approximate surface area is 124 Å². The Morgan fingerprint density at radius 2 is 2.16 bits per heavy atom. The standard InChI is InChI=1S/C13H13BrClN3O/c1-3-11-13(12(19)4-2)16-17-18(11)8-5-6-10(15)9(14)7-8/h5-7H,3-4H2,1-2H3. The molecule has 1 heterocycles. The number of benzene rings is 1. The van der Waals surface area contributed by atoms with Crippen LogP contribution in [0.2, 0.25) is 5.02 Å². The van der Waals surface area contributed by atoms with Crippen molar-refractivity contribution in [1.29, 1.82) is 0 Å². The van der Waals surface area contributed by atoms with Crippen molar-refractivity contribution < 1.29 is 4.79 Å². The number of halogens is 2. The number of ketones is 1. The van der Waals surface area contributed by atoms with Crippen LogP contribution in [0.1, 0.15) is 36.5 Å². The van der Waals surface area contributed by atoms with E-state index in [1.807, 2.05) is 26.0 Å². The highest BCUT2D eigenvalue weighted by Gasteiger charge is 2.18. The second-order valence-electron chi connectivity index (χ2n) is 4.03. The zero-order valence-electron chi connectivity index (χ0n) is 10.7. The third-order valence-corrected chi connectivity index (χ3v) is 4.05. The number of carbonyl (C=O) groups is 1. The summed E-state index contributed by atoms with van der Waals surface area (Å²) < 4.78 is 2.47. The number of Topliss-reactive ketones (excluding diaryl/α,β-unsaturated/α-hetero) is 1. The summed E-state index contributed by atoms with van der Waals surface area (Å²) in [5.74, 6) is 0.0103. The van der Waals surface area contributed by atoms with Gasteiger partial charge in [0.2, 0.25) is 0 Å². The zero-order valence-corrected chi connectivity index (χ0v) is 13.0. The second-order valence-corrected chi connectivity index (χ2v) is 5.29. The Kier molecular flexibility index (Phi) is 4.37. The fourth-order valence-corrected chi connectivity index (χ4v) is 2.31. The van der Waals surface area contributed by atoms with Crippen molar-refractivity contribution in [2.24, 2.45) is 0 Å². The summed E-state index contributed by atoms with van der Waals surface area (Å²) in [6.45, 7) is 3.80. The fraction of sp³-hybridized carbons (Fsp3) is 0.308. The van der Waals surface area contributed by atoms with Gasteiger partial charge in [0, 0.05) is 10.9 Å². The highest BCUT2D eigenvalue weighted by atomic mass is 79.9. The van der Waals surface area contributed by atoms with Crippen molar-refractivity contribution >= 4 is 33.3 Å². The molecule has 0 fully saturated rings. The molecule has 1 aromatic heterocycles. The summed E-state index contributed by atoms with van der Waals surface area (Å²) in [5.41, 5.74) is 2.10. The maximum absolute atomic E-state index is 11.8. The summed E-state index contributed by atoms with van der Waals surface area (Å²) in [6, 6.07) is 5.49. The van der Waals surface area contributed by atoms with Crippen molar-refractivity contribution in [3.63, 3.8) is 0 Å². The van der Waals surface area contributed by atoms with Crippen LogP contribution in [-0.4, -0.2) is 20.8 Å². The van der Waals surface area contributed by atoms with Gasteiger partial charge in [-0.2, -0.15) is 0 Å². The Hall–Kier alpha value is -1.20. The third kappa shape index (κ3) is 2.72. The van der Waals surface area contributed by atoms with Gasteiger partial charge in [-0.25, -0.2) is 4.68 Å². The molecule has 0 saturated heterocycles. The first-order chi connectivity index (χ1) is 9.08. The molecule has 2 aromatic rings. The minimum Gasteiger partial charge on any atom is -0.292 e. The van der Waals surface area contributed by atoms with Gasteiger partial charge in [0.15, 0.2) is 11.5 Å². The molecule has 0 aliphatic carbocycles. The summed E-state index contributed by atoms with van der Waals surface area (Å²) in [7, 11) is 0. The average Bonchev–Trinajstić information content (AvgIpc) is 2.84. The van der Waals surface area contributed by atoms with Gasteiger partial charge < -0.3 is 0 Å². The van der Waals surface area contributed by atoms with E-state index in [9.17, 15) is 4.79 Å². The van der Waals surface area contributed by atoms with Gasteiger partial charge in [0.25, 0.3) is 0 Å². The number of carbonyl (C=O) groups excluding carboxylic acids is 1. The van der Waals surface area contributed by atoms with Gasteiger partial charge in [0.1, 0.15) is 0 Å². The lowest BCUT2D eigenvalue weighted by molar-refractivity contribution is 0.0982. The van der Waals surface area contributed by atoms with Gasteiger partial charge in [-0.1, -0.05) is 30.7 Å². The predicted octanol–water partition coefficient (Wildman–Crippen LogP) is 3.84.